The van der Waals surface area contributed by atoms with Crippen LogP contribution in [-0.2, 0) is 6.54 Å². The van der Waals surface area contributed by atoms with Crippen molar-refractivity contribution in [2.24, 2.45) is 0 Å². The highest BCUT2D eigenvalue weighted by molar-refractivity contribution is 5.53. The summed E-state index contributed by atoms with van der Waals surface area (Å²) in [6.07, 6.45) is 0. The average molecular weight is 267 g/mol. The molecule has 0 atom stereocenters. The second-order valence-corrected chi connectivity index (χ2v) is 5.23. The van der Waals surface area contributed by atoms with Crippen molar-refractivity contribution in [3.05, 3.63) is 35.7 Å². The minimum Gasteiger partial charge on any atom is -0.419 e. The molecule has 2 aromatic rings. The van der Waals surface area contributed by atoms with Gasteiger partial charge in [-0.05, 0) is 39.0 Å². The van der Waals surface area contributed by atoms with Crippen molar-refractivity contribution >= 4 is 0 Å². The largest absolute Gasteiger partial charge is 0.419 e. The van der Waals surface area contributed by atoms with Gasteiger partial charge in [-0.2, -0.15) is 0 Å². The van der Waals surface area contributed by atoms with E-state index in [2.05, 4.69) is 15.5 Å². The zero-order valence-corrected chi connectivity index (χ0v) is 11.0. The Bertz CT molecular complexity index is 576. The van der Waals surface area contributed by atoms with Crippen LogP contribution in [0.2, 0.25) is 0 Å². The van der Waals surface area contributed by atoms with Crippen molar-refractivity contribution in [1.29, 1.82) is 0 Å². The molecule has 0 unspecified atom stereocenters. The Kier molecular flexibility index (Phi) is 3.61. The SMILES string of the molecule is CC(C)(C)NCc1nnc(-c2cc(F)ccc2F)o1. The van der Waals surface area contributed by atoms with Gasteiger partial charge in [0.05, 0.1) is 12.1 Å². The topological polar surface area (TPSA) is 51.0 Å². The maximum Gasteiger partial charge on any atom is 0.250 e. The first-order valence-electron chi connectivity index (χ1n) is 5.88. The van der Waals surface area contributed by atoms with Crippen molar-refractivity contribution in [3.8, 4) is 11.5 Å². The fourth-order valence-corrected chi connectivity index (χ4v) is 1.44. The van der Waals surface area contributed by atoms with Gasteiger partial charge in [-0.3, -0.25) is 0 Å². The fraction of sp³-hybridized carbons (Fsp3) is 0.385. The summed E-state index contributed by atoms with van der Waals surface area (Å²) in [4.78, 5) is 0. The van der Waals surface area contributed by atoms with Crippen molar-refractivity contribution in [2.45, 2.75) is 32.9 Å². The van der Waals surface area contributed by atoms with E-state index in [-0.39, 0.29) is 17.0 Å². The number of nitrogens with zero attached hydrogens (tertiary/aromatic N) is 2. The number of hydrogen-bond donors (Lipinski definition) is 1. The number of hydrogen-bond acceptors (Lipinski definition) is 4. The van der Waals surface area contributed by atoms with Gasteiger partial charge in [0.2, 0.25) is 5.89 Å². The van der Waals surface area contributed by atoms with E-state index in [9.17, 15) is 8.78 Å². The van der Waals surface area contributed by atoms with E-state index in [0.717, 1.165) is 18.2 Å². The highest BCUT2D eigenvalue weighted by atomic mass is 19.1. The number of aromatic nitrogens is 2. The smallest absolute Gasteiger partial charge is 0.250 e. The molecular formula is C13H15F2N3O. The van der Waals surface area contributed by atoms with Gasteiger partial charge in [-0.1, -0.05) is 0 Å². The van der Waals surface area contributed by atoms with Gasteiger partial charge in [0.15, 0.2) is 0 Å². The van der Waals surface area contributed by atoms with Crippen molar-refractivity contribution in [2.75, 3.05) is 0 Å². The second-order valence-electron chi connectivity index (χ2n) is 5.23. The van der Waals surface area contributed by atoms with Crippen LogP contribution in [0.3, 0.4) is 0 Å². The third-order valence-electron chi connectivity index (χ3n) is 2.40. The summed E-state index contributed by atoms with van der Waals surface area (Å²) in [6, 6.07) is 3.10. The molecule has 1 aromatic carbocycles. The molecular weight excluding hydrogens is 252 g/mol. The first-order chi connectivity index (χ1) is 8.85. The summed E-state index contributed by atoms with van der Waals surface area (Å²) >= 11 is 0. The molecule has 0 aliphatic rings. The predicted octanol–water partition coefficient (Wildman–Crippen LogP) is 2.90. The molecule has 0 radical (unpaired) electrons. The predicted molar refractivity (Wildman–Crippen MR) is 66.2 cm³/mol. The minimum atomic E-state index is -0.597. The summed E-state index contributed by atoms with van der Waals surface area (Å²) in [7, 11) is 0. The molecule has 2 rings (SSSR count). The lowest BCUT2D eigenvalue weighted by Crippen LogP contribution is -2.35. The van der Waals surface area contributed by atoms with Crippen molar-refractivity contribution in [1.82, 2.24) is 15.5 Å². The fourth-order valence-electron chi connectivity index (χ4n) is 1.44. The van der Waals surface area contributed by atoms with Gasteiger partial charge in [0.25, 0.3) is 5.89 Å². The highest BCUT2D eigenvalue weighted by Crippen LogP contribution is 2.22. The Morgan fingerprint density at radius 2 is 1.95 bits per heavy atom. The van der Waals surface area contributed by atoms with Crippen LogP contribution in [0.4, 0.5) is 8.78 Å². The Balaban J connectivity index is 2.19. The van der Waals surface area contributed by atoms with Gasteiger partial charge in [0.1, 0.15) is 11.6 Å². The standard InChI is InChI=1S/C13H15F2N3O/c1-13(2,3)16-7-11-17-18-12(19-11)9-6-8(14)4-5-10(9)15/h4-6,16H,7H2,1-3H3. The summed E-state index contributed by atoms with van der Waals surface area (Å²) in [5.41, 5.74) is -0.131. The zero-order valence-electron chi connectivity index (χ0n) is 11.0. The molecule has 1 aromatic heterocycles. The third kappa shape index (κ3) is 3.57. The van der Waals surface area contributed by atoms with E-state index in [1.807, 2.05) is 20.8 Å². The van der Waals surface area contributed by atoms with E-state index in [4.69, 9.17) is 4.42 Å². The van der Waals surface area contributed by atoms with Crippen LogP contribution in [0.25, 0.3) is 11.5 Å². The summed E-state index contributed by atoms with van der Waals surface area (Å²) < 4.78 is 31.9. The molecule has 1 heterocycles. The molecule has 4 nitrogen and oxygen atoms in total. The van der Waals surface area contributed by atoms with Crippen LogP contribution >= 0.6 is 0 Å². The molecule has 0 aliphatic carbocycles. The minimum absolute atomic E-state index is 0.0253. The summed E-state index contributed by atoms with van der Waals surface area (Å²) in [5, 5.41) is 10.7. The second kappa shape index (κ2) is 5.05. The summed E-state index contributed by atoms with van der Waals surface area (Å²) in [6.45, 7) is 6.36. The van der Waals surface area contributed by atoms with Crippen molar-refractivity contribution < 1.29 is 13.2 Å². The number of rotatable bonds is 3. The maximum atomic E-state index is 13.5. The maximum absolute atomic E-state index is 13.5. The van der Waals surface area contributed by atoms with Crippen LogP contribution in [0, 0.1) is 11.6 Å². The van der Waals surface area contributed by atoms with Gasteiger partial charge >= 0.3 is 0 Å². The van der Waals surface area contributed by atoms with Gasteiger partial charge in [-0.25, -0.2) is 8.78 Å². The zero-order chi connectivity index (χ0) is 14.0. The monoisotopic (exact) mass is 267 g/mol. The Labute approximate surface area is 109 Å². The van der Waals surface area contributed by atoms with Gasteiger partial charge in [-0.15, -0.1) is 10.2 Å². The van der Waals surface area contributed by atoms with Crippen molar-refractivity contribution in [3.63, 3.8) is 0 Å². The number of benzene rings is 1. The molecule has 0 spiro atoms. The Morgan fingerprint density at radius 3 is 2.63 bits per heavy atom. The molecule has 6 heteroatoms. The normalized spacial score (nSPS) is 11.8. The van der Waals surface area contributed by atoms with E-state index >= 15 is 0 Å². The van der Waals surface area contributed by atoms with Crippen LogP contribution in [0.1, 0.15) is 26.7 Å². The lowest BCUT2D eigenvalue weighted by atomic mass is 10.1. The molecule has 102 valence electrons. The van der Waals surface area contributed by atoms with Gasteiger partial charge in [0, 0.05) is 5.54 Å². The van der Waals surface area contributed by atoms with Crippen LogP contribution in [0.15, 0.2) is 22.6 Å². The Morgan fingerprint density at radius 1 is 1.21 bits per heavy atom. The molecule has 0 fully saturated rings. The average Bonchev–Trinajstić information content (AvgIpc) is 2.77. The lowest BCUT2D eigenvalue weighted by Gasteiger charge is -2.18. The highest BCUT2D eigenvalue weighted by Gasteiger charge is 2.15. The number of nitrogens with one attached hydrogen (secondary N) is 1. The molecule has 1 N–H and O–H groups in total. The Hall–Kier alpha value is -1.82. The van der Waals surface area contributed by atoms with E-state index < -0.39 is 11.6 Å². The van der Waals surface area contributed by atoms with Crippen LogP contribution in [0.5, 0.6) is 0 Å². The first kappa shape index (κ1) is 13.6. The molecule has 19 heavy (non-hydrogen) atoms. The van der Waals surface area contributed by atoms with Crippen LogP contribution in [-0.4, -0.2) is 15.7 Å². The van der Waals surface area contributed by atoms with E-state index in [1.54, 1.807) is 0 Å². The quantitative estimate of drug-likeness (QED) is 0.929. The molecule has 0 saturated heterocycles. The van der Waals surface area contributed by atoms with Crippen LogP contribution < -0.4 is 5.32 Å². The van der Waals surface area contributed by atoms with E-state index in [1.165, 1.54) is 0 Å². The third-order valence-corrected chi connectivity index (χ3v) is 2.40. The first-order valence-corrected chi connectivity index (χ1v) is 5.88. The lowest BCUT2D eigenvalue weighted by molar-refractivity contribution is 0.383. The molecule has 0 bridgehead atoms. The number of halogens is 2. The molecule has 0 amide bonds. The van der Waals surface area contributed by atoms with Gasteiger partial charge < -0.3 is 9.73 Å². The molecule has 0 saturated carbocycles. The summed E-state index contributed by atoms with van der Waals surface area (Å²) in [5.74, 6) is -0.847. The molecule has 0 aliphatic heterocycles. The van der Waals surface area contributed by atoms with E-state index in [0.29, 0.717) is 12.4 Å².